The molecule has 0 bridgehead atoms. The highest BCUT2D eigenvalue weighted by Crippen LogP contribution is 2.30. The van der Waals surface area contributed by atoms with Gasteiger partial charge in [-0.05, 0) is 24.6 Å². The second-order valence-corrected chi connectivity index (χ2v) is 4.00. The van der Waals surface area contributed by atoms with E-state index < -0.39 is 17.7 Å². The van der Waals surface area contributed by atoms with Crippen LogP contribution in [0.1, 0.15) is 18.5 Å². The normalized spacial score (nSPS) is 18.8. The molecule has 18 heavy (non-hydrogen) atoms. The molecule has 0 aliphatic carbocycles. The number of hydrogen-bond donors (Lipinski definition) is 2. The van der Waals surface area contributed by atoms with Crippen LogP contribution in [0.25, 0.3) is 0 Å². The maximum absolute atomic E-state index is 11.5. The molecule has 1 aromatic rings. The predicted octanol–water partition coefficient (Wildman–Crippen LogP) is 1.27. The molecule has 5 nitrogen and oxygen atoms in total. The minimum absolute atomic E-state index is 0.102. The number of rotatable bonds is 3. The molecule has 0 spiro atoms. The van der Waals surface area contributed by atoms with Gasteiger partial charge in [-0.25, -0.2) is 0 Å². The highest BCUT2D eigenvalue weighted by atomic mass is 16.5. The highest BCUT2D eigenvalue weighted by molar-refractivity contribution is 6.08. The van der Waals surface area contributed by atoms with Crippen LogP contribution >= 0.6 is 0 Å². The van der Waals surface area contributed by atoms with Crippen molar-refractivity contribution in [1.29, 1.82) is 0 Å². The maximum atomic E-state index is 11.5. The van der Waals surface area contributed by atoms with Gasteiger partial charge in [0.05, 0.1) is 18.7 Å². The summed E-state index contributed by atoms with van der Waals surface area (Å²) in [5.74, 6) is -0.767. The van der Waals surface area contributed by atoms with Gasteiger partial charge in [-0.2, -0.15) is 0 Å². The number of amides is 1. The Morgan fingerprint density at radius 2 is 1.94 bits per heavy atom. The van der Waals surface area contributed by atoms with Crippen molar-refractivity contribution in [1.82, 2.24) is 5.32 Å². The lowest BCUT2D eigenvalue weighted by molar-refractivity contribution is -0.119. The lowest BCUT2D eigenvalue weighted by atomic mass is 9.98. The molecule has 0 unspecified atom stereocenters. The standard InChI is InChI=1S/C13H13NO4/c1-7(15)10-11(14-13(17)12(10)16)8-3-5-9(18-2)6-4-8/h3-6,11,16H,1-2H3,(H,14,17)/t11-/m1/s1. The Bertz CT molecular complexity index is 530. The van der Waals surface area contributed by atoms with Gasteiger partial charge in [-0.15, -0.1) is 0 Å². The quantitative estimate of drug-likeness (QED) is 0.843. The van der Waals surface area contributed by atoms with E-state index in [2.05, 4.69) is 5.32 Å². The number of nitrogens with one attached hydrogen (secondary N) is 1. The number of aliphatic hydroxyl groups is 1. The number of ether oxygens (including phenoxy) is 1. The van der Waals surface area contributed by atoms with Crippen LogP contribution in [0.5, 0.6) is 5.75 Å². The fourth-order valence-corrected chi connectivity index (χ4v) is 1.95. The molecule has 0 saturated heterocycles. The van der Waals surface area contributed by atoms with Gasteiger partial charge in [0.1, 0.15) is 5.75 Å². The van der Waals surface area contributed by atoms with Crippen LogP contribution in [-0.4, -0.2) is 23.9 Å². The largest absolute Gasteiger partial charge is 0.503 e. The van der Waals surface area contributed by atoms with Gasteiger partial charge in [0.2, 0.25) is 0 Å². The first-order valence-corrected chi connectivity index (χ1v) is 5.43. The van der Waals surface area contributed by atoms with Gasteiger partial charge in [-0.3, -0.25) is 9.59 Å². The Hall–Kier alpha value is -2.30. The van der Waals surface area contributed by atoms with Gasteiger partial charge in [0.25, 0.3) is 5.91 Å². The fourth-order valence-electron chi connectivity index (χ4n) is 1.95. The van der Waals surface area contributed by atoms with Crippen LogP contribution in [-0.2, 0) is 9.59 Å². The molecular formula is C13H13NO4. The van der Waals surface area contributed by atoms with E-state index in [1.54, 1.807) is 31.4 Å². The molecule has 0 saturated carbocycles. The average Bonchev–Trinajstić information content (AvgIpc) is 2.66. The first-order chi connectivity index (χ1) is 8.54. The summed E-state index contributed by atoms with van der Waals surface area (Å²) in [5, 5.41) is 12.1. The SMILES string of the molecule is COc1ccc([C@H]2NC(=O)C(O)=C2C(C)=O)cc1. The molecule has 1 aliphatic rings. The Morgan fingerprint density at radius 3 is 2.44 bits per heavy atom. The van der Waals surface area contributed by atoms with Crippen LogP contribution in [0.4, 0.5) is 0 Å². The number of benzene rings is 1. The number of methoxy groups -OCH3 is 1. The summed E-state index contributed by atoms with van der Waals surface area (Å²) in [6.07, 6.45) is 0. The summed E-state index contributed by atoms with van der Waals surface area (Å²) in [6, 6.07) is 6.35. The summed E-state index contributed by atoms with van der Waals surface area (Å²) in [5.41, 5.74) is 0.823. The number of carbonyl (C=O) groups excluding carboxylic acids is 2. The number of ketones is 1. The van der Waals surface area contributed by atoms with Crippen molar-refractivity contribution in [2.45, 2.75) is 13.0 Å². The Kier molecular flexibility index (Phi) is 3.06. The Balaban J connectivity index is 2.39. The lowest BCUT2D eigenvalue weighted by Crippen LogP contribution is -2.23. The Morgan fingerprint density at radius 1 is 1.33 bits per heavy atom. The highest BCUT2D eigenvalue weighted by Gasteiger charge is 2.35. The zero-order valence-corrected chi connectivity index (χ0v) is 10.1. The van der Waals surface area contributed by atoms with E-state index >= 15 is 0 Å². The molecule has 94 valence electrons. The van der Waals surface area contributed by atoms with Gasteiger partial charge < -0.3 is 15.2 Å². The molecule has 1 heterocycles. The monoisotopic (exact) mass is 247 g/mol. The van der Waals surface area contributed by atoms with E-state index in [0.29, 0.717) is 5.75 Å². The van der Waals surface area contributed by atoms with Crippen molar-refractivity contribution >= 4 is 11.7 Å². The van der Waals surface area contributed by atoms with Crippen molar-refractivity contribution in [2.24, 2.45) is 0 Å². The summed E-state index contributed by atoms with van der Waals surface area (Å²) in [4.78, 5) is 22.9. The smallest absolute Gasteiger partial charge is 0.287 e. The van der Waals surface area contributed by atoms with Crippen molar-refractivity contribution in [3.05, 3.63) is 41.2 Å². The molecule has 1 aromatic carbocycles. The molecule has 1 amide bonds. The molecular weight excluding hydrogens is 234 g/mol. The fraction of sp³-hybridized carbons (Fsp3) is 0.231. The van der Waals surface area contributed by atoms with Gasteiger partial charge in [-0.1, -0.05) is 12.1 Å². The Labute approximate surface area is 104 Å². The predicted molar refractivity (Wildman–Crippen MR) is 64.2 cm³/mol. The van der Waals surface area contributed by atoms with Crippen LogP contribution in [0.2, 0.25) is 0 Å². The van der Waals surface area contributed by atoms with Crippen LogP contribution in [0.15, 0.2) is 35.6 Å². The van der Waals surface area contributed by atoms with E-state index in [1.165, 1.54) is 6.92 Å². The second kappa shape index (κ2) is 4.52. The first kappa shape index (κ1) is 12.2. The van der Waals surface area contributed by atoms with E-state index in [1.807, 2.05) is 0 Å². The molecule has 1 aliphatic heterocycles. The van der Waals surface area contributed by atoms with E-state index in [0.717, 1.165) is 5.56 Å². The van der Waals surface area contributed by atoms with Crippen LogP contribution < -0.4 is 10.1 Å². The number of carbonyl (C=O) groups is 2. The minimum atomic E-state index is -0.624. The topological polar surface area (TPSA) is 75.6 Å². The molecule has 0 aromatic heterocycles. The van der Waals surface area contributed by atoms with Crippen LogP contribution in [0.3, 0.4) is 0 Å². The summed E-state index contributed by atoms with van der Waals surface area (Å²) >= 11 is 0. The average molecular weight is 247 g/mol. The summed E-state index contributed by atoms with van der Waals surface area (Å²) in [7, 11) is 1.55. The van der Waals surface area contributed by atoms with E-state index in [-0.39, 0.29) is 11.4 Å². The second-order valence-electron chi connectivity index (χ2n) is 4.00. The van der Waals surface area contributed by atoms with Crippen LogP contribution in [0, 0.1) is 0 Å². The third-order valence-corrected chi connectivity index (χ3v) is 2.86. The maximum Gasteiger partial charge on any atom is 0.287 e. The van der Waals surface area contributed by atoms with E-state index in [4.69, 9.17) is 4.74 Å². The number of hydrogen-bond acceptors (Lipinski definition) is 4. The van der Waals surface area contributed by atoms with Crippen molar-refractivity contribution in [3.8, 4) is 5.75 Å². The zero-order chi connectivity index (χ0) is 13.3. The van der Waals surface area contributed by atoms with Crippen molar-refractivity contribution in [3.63, 3.8) is 0 Å². The van der Waals surface area contributed by atoms with Gasteiger partial charge in [0, 0.05) is 0 Å². The van der Waals surface area contributed by atoms with Gasteiger partial charge >= 0.3 is 0 Å². The molecule has 2 N–H and O–H groups in total. The van der Waals surface area contributed by atoms with Crippen molar-refractivity contribution in [2.75, 3.05) is 7.11 Å². The third-order valence-electron chi connectivity index (χ3n) is 2.86. The van der Waals surface area contributed by atoms with E-state index in [9.17, 15) is 14.7 Å². The van der Waals surface area contributed by atoms with Gasteiger partial charge in [0.15, 0.2) is 11.5 Å². The third kappa shape index (κ3) is 1.95. The first-order valence-electron chi connectivity index (χ1n) is 5.43. The molecule has 0 fully saturated rings. The summed E-state index contributed by atoms with van der Waals surface area (Å²) in [6.45, 7) is 1.32. The number of Topliss-reactive ketones (excluding diaryl/α,β-unsaturated/α-hetero) is 1. The zero-order valence-electron chi connectivity index (χ0n) is 10.1. The lowest BCUT2D eigenvalue weighted by Gasteiger charge is -2.13. The molecule has 0 radical (unpaired) electrons. The molecule has 5 heteroatoms. The molecule has 2 rings (SSSR count). The summed E-state index contributed by atoms with van der Waals surface area (Å²) < 4.78 is 5.03. The minimum Gasteiger partial charge on any atom is -0.503 e. The van der Waals surface area contributed by atoms with Crippen molar-refractivity contribution < 1.29 is 19.4 Å². The molecule has 1 atom stereocenters. The number of aliphatic hydroxyl groups excluding tert-OH is 1.